The van der Waals surface area contributed by atoms with Gasteiger partial charge in [-0.2, -0.15) is 5.92 Å². The summed E-state index contributed by atoms with van der Waals surface area (Å²) in [6.07, 6.45) is 24.5. The van der Waals surface area contributed by atoms with Gasteiger partial charge in [-0.25, -0.2) is 0 Å². The summed E-state index contributed by atoms with van der Waals surface area (Å²) in [7, 11) is -1.35. The van der Waals surface area contributed by atoms with Gasteiger partial charge in [0.15, 0.2) is 0 Å². The van der Waals surface area contributed by atoms with Crippen molar-refractivity contribution in [1.82, 2.24) is 0 Å². The third kappa shape index (κ3) is 31.4. The molecule has 0 aliphatic rings. The maximum absolute atomic E-state index is 13.5. The maximum atomic E-state index is 13.5. The first kappa shape index (κ1) is 48.2. The van der Waals surface area contributed by atoms with Gasteiger partial charge >= 0.3 is 7.60 Å². The van der Waals surface area contributed by atoms with E-state index in [9.17, 15) is 9.46 Å². The summed E-state index contributed by atoms with van der Waals surface area (Å²) < 4.78 is 20.7. The second kappa shape index (κ2) is 26.9. The van der Waals surface area contributed by atoms with E-state index in [1.165, 1.54) is 109 Å². The van der Waals surface area contributed by atoms with E-state index in [-0.39, 0.29) is 23.7 Å². The van der Waals surface area contributed by atoms with Gasteiger partial charge in [-0.05, 0) is 55.3 Å². The van der Waals surface area contributed by atoms with Gasteiger partial charge in [-0.3, -0.25) is 9.09 Å². The summed E-state index contributed by atoms with van der Waals surface area (Å²) >= 11 is 0. The third-order valence-electron chi connectivity index (χ3n) is 9.05. The first-order chi connectivity index (χ1) is 21.3. The zero-order valence-electron chi connectivity index (χ0n) is 33.9. The molecule has 0 saturated carbocycles. The van der Waals surface area contributed by atoms with Crippen molar-refractivity contribution in [3.63, 3.8) is 0 Å². The average molecular weight is 674 g/mol. The van der Waals surface area contributed by atoms with Crippen LogP contribution in [0.4, 0.5) is 0 Å². The molecule has 0 radical (unpaired) electrons. The second-order valence-electron chi connectivity index (χ2n) is 17.8. The Morgan fingerprint density at radius 3 is 1.37 bits per heavy atom. The van der Waals surface area contributed by atoms with Crippen LogP contribution in [-0.2, 0) is 9.09 Å². The molecule has 1 N–H and O–H groups in total. The third-order valence-corrected chi connectivity index (χ3v) is 10.7. The molecule has 0 amide bonds. The number of rotatable bonds is 27. The molecule has 4 unspecified atom stereocenters. The molecular formula is C41H88NO3P. The Morgan fingerprint density at radius 2 is 1.02 bits per heavy atom. The fourth-order valence-electron chi connectivity index (χ4n) is 7.09. The van der Waals surface area contributed by atoms with Gasteiger partial charge in [-0.1, -0.05) is 160 Å². The fourth-order valence-corrected chi connectivity index (χ4v) is 8.81. The molecule has 5 heteroatoms. The van der Waals surface area contributed by atoms with Crippen molar-refractivity contribution in [2.75, 3.05) is 26.3 Å². The normalized spacial score (nSPS) is 16.0. The minimum atomic E-state index is -3.67. The predicted octanol–water partition coefficient (Wildman–Crippen LogP) is 14.0. The number of quaternary nitrogens is 1. The Hall–Kier alpha value is 0.110. The highest BCUT2D eigenvalue weighted by atomic mass is 31.2. The van der Waals surface area contributed by atoms with Crippen molar-refractivity contribution in [2.24, 2.45) is 22.7 Å². The van der Waals surface area contributed by atoms with Crippen molar-refractivity contribution in [3.8, 4) is 0 Å². The molecule has 0 aromatic heterocycles. The molecule has 280 valence electrons. The number of nitrogens with zero attached hydrogens (tertiary/aromatic N) is 1. The van der Waals surface area contributed by atoms with Crippen molar-refractivity contribution < 1.29 is 18.5 Å². The molecule has 0 aromatic carbocycles. The number of unbranched alkanes of at least 4 members (excludes halogenated alkanes) is 14. The van der Waals surface area contributed by atoms with E-state index in [1.54, 1.807) is 0 Å². The molecule has 0 aromatic rings. The highest BCUT2D eigenvalue weighted by molar-refractivity contribution is 7.52. The molecule has 0 spiro atoms. The van der Waals surface area contributed by atoms with E-state index in [1.807, 2.05) is 0 Å². The van der Waals surface area contributed by atoms with Gasteiger partial charge in [0.2, 0.25) is 6.23 Å². The summed E-state index contributed by atoms with van der Waals surface area (Å²) in [6, 6.07) is 0. The molecule has 46 heavy (non-hydrogen) atoms. The lowest BCUT2D eigenvalue weighted by Gasteiger charge is -2.42. The predicted molar refractivity (Wildman–Crippen MR) is 207 cm³/mol. The summed E-state index contributed by atoms with van der Waals surface area (Å²) in [4.78, 5) is 11.1. The van der Waals surface area contributed by atoms with Gasteiger partial charge in [0, 0.05) is 6.42 Å². The van der Waals surface area contributed by atoms with Gasteiger partial charge in [-0.15, -0.1) is 0 Å². The summed E-state index contributed by atoms with van der Waals surface area (Å²) in [5.41, 5.74) is 0.611. The fraction of sp³-hybridized carbons (Fsp3) is 0.976. The van der Waals surface area contributed by atoms with Crippen LogP contribution < -0.4 is 0 Å². The van der Waals surface area contributed by atoms with Crippen LogP contribution in [0.1, 0.15) is 205 Å². The van der Waals surface area contributed by atoms with Gasteiger partial charge in [0.05, 0.1) is 26.3 Å². The van der Waals surface area contributed by atoms with Crippen LogP contribution in [0.3, 0.4) is 0 Å². The number of hydrogen-bond donors (Lipinski definition) is 1. The van der Waals surface area contributed by atoms with Crippen LogP contribution in [0.25, 0.3) is 0 Å². The zero-order valence-corrected chi connectivity index (χ0v) is 34.8. The highest BCUT2D eigenvalue weighted by Crippen LogP contribution is 2.48. The minimum Gasteiger partial charge on any atom is -0.341 e. The van der Waals surface area contributed by atoms with E-state index < -0.39 is 7.60 Å². The van der Waals surface area contributed by atoms with Gasteiger partial charge in [0.1, 0.15) is 0 Å². The Bertz CT molecular complexity index is 708. The molecule has 0 heterocycles. The van der Waals surface area contributed by atoms with E-state index >= 15 is 0 Å². The Balaban J connectivity index is 0. The topological polar surface area (TPSA) is 46.5 Å². The molecule has 0 rings (SSSR count). The van der Waals surface area contributed by atoms with Crippen LogP contribution in [0, 0.1) is 29.6 Å². The molecule has 0 bridgehead atoms. The Labute approximate surface area is 292 Å². The lowest BCUT2D eigenvalue weighted by molar-refractivity contribution is -0.952. The average Bonchev–Trinajstić information content (AvgIpc) is 2.89. The molecule has 4 atom stereocenters. The maximum Gasteiger partial charge on any atom is 0.333 e. The van der Waals surface area contributed by atoms with Gasteiger partial charge in [0.25, 0.3) is 0 Å². The van der Waals surface area contributed by atoms with Crippen LogP contribution in [-0.4, -0.2) is 41.9 Å². The monoisotopic (exact) mass is 674 g/mol. The molecule has 0 fully saturated rings. The first-order valence-corrected chi connectivity index (χ1v) is 21.7. The largest absolute Gasteiger partial charge is 0.341 e. The Kier molecular flexibility index (Phi) is 28.2. The molecule has 4 nitrogen and oxygen atoms in total. The summed E-state index contributed by atoms with van der Waals surface area (Å²) in [5.74, 6) is 0.766. The first-order valence-electron chi connectivity index (χ1n) is 20.0. The second-order valence-corrected chi connectivity index (χ2v) is 19.6. The van der Waals surface area contributed by atoms with Crippen molar-refractivity contribution in [1.29, 1.82) is 0 Å². The van der Waals surface area contributed by atoms with Gasteiger partial charge < -0.3 is 16.3 Å². The lowest BCUT2D eigenvalue weighted by Crippen LogP contribution is -2.54. The quantitative estimate of drug-likeness (QED) is 0.0310. The van der Waals surface area contributed by atoms with Crippen molar-refractivity contribution in [2.45, 2.75) is 211 Å². The van der Waals surface area contributed by atoms with Crippen molar-refractivity contribution in [3.05, 3.63) is 6.92 Å². The van der Waals surface area contributed by atoms with E-state index in [0.717, 1.165) is 36.8 Å². The zero-order chi connectivity index (χ0) is 35.7. The highest BCUT2D eigenvalue weighted by Gasteiger charge is 2.38. The van der Waals surface area contributed by atoms with Crippen LogP contribution in [0.15, 0.2) is 0 Å². The molecule has 0 aliphatic heterocycles. The summed E-state index contributed by atoms with van der Waals surface area (Å²) in [5, 5.41) is 0. The standard InChI is InChI=1S/C33H70NO3P.C8H17/c1-9-12-15-18-21-24-27-34(8,28-25-22-19-16-13-10-2)32(26-23-20-17-14-11-3)37-38(35,36)30-31(4)29-33(5,6)7;1-7(2)6-8(3,4)5/h31-32H,9-30H2,1-8H3;7H,1,6H2,2-5H3/q;-1/p+1. The van der Waals surface area contributed by atoms with Crippen LogP contribution in [0.5, 0.6) is 0 Å². The molecule has 0 aliphatic carbocycles. The van der Waals surface area contributed by atoms with E-state index in [4.69, 9.17) is 4.52 Å². The molecule has 0 saturated heterocycles. The minimum absolute atomic E-state index is 0.151. The molecular weight excluding hydrogens is 585 g/mol. The number of hydrogen-bond acceptors (Lipinski definition) is 2. The van der Waals surface area contributed by atoms with Crippen LogP contribution >= 0.6 is 7.60 Å². The van der Waals surface area contributed by atoms with Crippen molar-refractivity contribution >= 4 is 7.60 Å². The smallest absolute Gasteiger partial charge is 0.333 e. The van der Waals surface area contributed by atoms with Crippen LogP contribution in [0.2, 0.25) is 0 Å². The van der Waals surface area contributed by atoms with E-state index in [2.05, 4.69) is 90.1 Å². The SMILES string of the molecule is CCCCCCCC[N+](C)(CCCCCCCC)C(CCCCCCC)OP(=O)(O)CC(C)CC(C)(C)C.[CH2-]C(C)CC(C)(C)C. The Morgan fingerprint density at radius 1 is 0.652 bits per heavy atom. The van der Waals surface area contributed by atoms with E-state index in [0.29, 0.717) is 11.3 Å². The lowest BCUT2D eigenvalue weighted by atomic mass is 9.86. The summed E-state index contributed by atoms with van der Waals surface area (Å²) in [6.45, 7) is 30.5.